The van der Waals surface area contributed by atoms with Gasteiger partial charge < -0.3 is 24.4 Å². The lowest BCUT2D eigenvalue weighted by atomic mass is 9.61. The number of aliphatic hydroxyl groups excluding tert-OH is 2. The molecule has 3 aliphatic heterocycles. The topological polar surface area (TPSA) is 71.4 Å². The van der Waals surface area contributed by atoms with E-state index in [1.165, 1.54) is 6.42 Å². The Hall–Kier alpha value is -0.240. The van der Waals surface area contributed by atoms with Crippen molar-refractivity contribution in [3.63, 3.8) is 0 Å². The number of rotatable bonds is 1. The van der Waals surface area contributed by atoms with Gasteiger partial charge in [-0.2, -0.15) is 0 Å². The lowest BCUT2D eigenvalue weighted by molar-refractivity contribution is -0.160. The Morgan fingerprint density at radius 1 is 0.880 bits per heavy atom. The fraction of sp³-hybridized carbons (Fsp3) is 1.00. The standard InChI is InChI=1S/C19H31NO5/c1-23-19-13-7-20-8-16(22)12-6-18-17(24-9-25-18)5-11(12)14(20)4-10(13)2-3-15(19)21/h10-19,21-22H,2-9H2,1H3. The third-order valence-electron chi connectivity index (χ3n) is 7.92. The molecule has 25 heavy (non-hydrogen) atoms. The minimum Gasteiger partial charge on any atom is -0.391 e. The SMILES string of the molecule is COC1C(O)CCC2CC3C4CC5OCOC5CC4C(O)CN3CC21. The van der Waals surface area contributed by atoms with Crippen LogP contribution in [0.1, 0.15) is 32.1 Å². The normalized spacial score (nSPS) is 55.8. The first-order valence-electron chi connectivity index (χ1n) is 10.0. The summed E-state index contributed by atoms with van der Waals surface area (Å²) in [5, 5.41) is 21.1. The molecule has 10 atom stereocenters. The number of nitrogens with zero attached hydrogens (tertiary/aromatic N) is 1. The van der Waals surface area contributed by atoms with Crippen molar-refractivity contribution < 1.29 is 24.4 Å². The van der Waals surface area contributed by atoms with E-state index in [0.717, 1.165) is 38.8 Å². The van der Waals surface area contributed by atoms with E-state index in [9.17, 15) is 10.2 Å². The first-order valence-corrected chi connectivity index (χ1v) is 10.0. The van der Waals surface area contributed by atoms with E-state index in [0.29, 0.717) is 36.5 Å². The Labute approximate surface area is 149 Å². The summed E-state index contributed by atoms with van der Waals surface area (Å²) in [6, 6.07) is 0.535. The average molecular weight is 353 g/mol. The van der Waals surface area contributed by atoms with Crippen LogP contribution < -0.4 is 0 Å². The molecule has 3 saturated heterocycles. The minimum atomic E-state index is -0.343. The predicted molar refractivity (Wildman–Crippen MR) is 89.8 cm³/mol. The van der Waals surface area contributed by atoms with Crippen LogP contribution in [0.15, 0.2) is 0 Å². The zero-order valence-electron chi connectivity index (χ0n) is 15.0. The van der Waals surface area contributed by atoms with Gasteiger partial charge in [-0.1, -0.05) is 0 Å². The molecule has 0 aromatic heterocycles. The van der Waals surface area contributed by atoms with Gasteiger partial charge in [-0.05, 0) is 49.9 Å². The van der Waals surface area contributed by atoms with Gasteiger partial charge in [0.05, 0.1) is 30.5 Å². The van der Waals surface area contributed by atoms with E-state index >= 15 is 0 Å². The highest BCUT2D eigenvalue weighted by molar-refractivity contribution is 5.06. The van der Waals surface area contributed by atoms with Gasteiger partial charge in [0.2, 0.25) is 0 Å². The molecule has 2 N–H and O–H groups in total. The van der Waals surface area contributed by atoms with Crippen molar-refractivity contribution in [1.29, 1.82) is 0 Å². The highest BCUT2D eigenvalue weighted by atomic mass is 16.7. The van der Waals surface area contributed by atoms with E-state index in [-0.39, 0.29) is 30.5 Å². The summed E-state index contributed by atoms with van der Waals surface area (Å²) in [7, 11) is 1.72. The molecule has 0 aromatic rings. The highest BCUT2D eigenvalue weighted by Gasteiger charge is 2.54. The molecule has 3 heterocycles. The maximum atomic E-state index is 10.8. The third-order valence-corrected chi connectivity index (χ3v) is 7.92. The number of ether oxygens (including phenoxy) is 3. The first-order chi connectivity index (χ1) is 12.2. The van der Waals surface area contributed by atoms with Gasteiger partial charge in [-0.3, -0.25) is 4.90 Å². The minimum absolute atomic E-state index is 0.0585. The van der Waals surface area contributed by atoms with E-state index in [1.54, 1.807) is 7.11 Å². The smallest absolute Gasteiger partial charge is 0.147 e. The van der Waals surface area contributed by atoms with Gasteiger partial charge in [0.1, 0.15) is 6.79 Å². The van der Waals surface area contributed by atoms with Crippen LogP contribution in [0.5, 0.6) is 0 Å². The van der Waals surface area contributed by atoms with Gasteiger partial charge in [0.15, 0.2) is 0 Å². The molecule has 0 radical (unpaired) electrons. The summed E-state index contributed by atoms with van der Waals surface area (Å²) in [6.45, 7) is 2.10. The average Bonchev–Trinajstić information content (AvgIpc) is 3.07. The van der Waals surface area contributed by atoms with Crippen LogP contribution in [0.25, 0.3) is 0 Å². The molecular weight excluding hydrogens is 322 g/mol. The van der Waals surface area contributed by atoms with E-state index in [4.69, 9.17) is 14.2 Å². The first kappa shape index (κ1) is 16.9. The van der Waals surface area contributed by atoms with Gasteiger partial charge in [0, 0.05) is 32.2 Å². The van der Waals surface area contributed by atoms with Gasteiger partial charge in [-0.15, -0.1) is 0 Å². The van der Waals surface area contributed by atoms with Gasteiger partial charge >= 0.3 is 0 Å². The largest absolute Gasteiger partial charge is 0.391 e. The van der Waals surface area contributed by atoms with Crippen molar-refractivity contribution in [3.05, 3.63) is 0 Å². The second kappa shape index (κ2) is 6.43. The molecule has 5 fully saturated rings. The molecule has 0 bridgehead atoms. The molecule has 10 unspecified atom stereocenters. The molecule has 2 aliphatic carbocycles. The number of fused-ring (bicyclic) bond motifs is 5. The van der Waals surface area contributed by atoms with Gasteiger partial charge in [0.25, 0.3) is 0 Å². The zero-order valence-corrected chi connectivity index (χ0v) is 15.0. The highest BCUT2D eigenvalue weighted by Crippen LogP contribution is 2.49. The molecule has 0 aromatic carbocycles. The molecule has 6 heteroatoms. The van der Waals surface area contributed by atoms with Crippen molar-refractivity contribution in [2.24, 2.45) is 23.7 Å². The molecule has 0 spiro atoms. The summed E-state index contributed by atoms with van der Waals surface area (Å²) in [5.41, 5.74) is 0. The Morgan fingerprint density at radius 2 is 1.64 bits per heavy atom. The van der Waals surface area contributed by atoms with Crippen molar-refractivity contribution >= 4 is 0 Å². The molecule has 0 amide bonds. The fourth-order valence-corrected chi connectivity index (χ4v) is 6.73. The number of aliphatic hydroxyl groups is 2. The molecule has 6 nitrogen and oxygen atoms in total. The maximum absolute atomic E-state index is 10.8. The Kier molecular flexibility index (Phi) is 4.34. The number of methoxy groups -OCH3 is 1. The molecule has 2 saturated carbocycles. The van der Waals surface area contributed by atoms with Crippen LogP contribution in [0.2, 0.25) is 0 Å². The quantitative estimate of drug-likeness (QED) is 0.720. The number of piperidine rings is 2. The van der Waals surface area contributed by atoms with Crippen LogP contribution in [0, 0.1) is 23.7 Å². The zero-order chi connectivity index (χ0) is 17.1. The Morgan fingerprint density at radius 3 is 2.40 bits per heavy atom. The number of hydrogen-bond acceptors (Lipinski definition) is 6. The second-order valence-electron chi connectivity index (χ2n) is 8.92. The molecule has 5 rings (SSSR count). The van der Waals surface area contributed by atoms with Crippen molar-refractivity contribution in [2.75, 3.05) is 27.0 Å². The Bertz CT molecular complexity index is 504. The summed E-state index contributed by atoms with van der Waals surface area (Å²) in [6.07, 6.45) is 4.79. The lowest BCUT2D eigenvalue weighted by Crippen LogP contribution is -2.65. The van der Waals surface area contributed by atoms with Crippen LogP contribution in [0.3, 0.4) is 0 Å². The monoisotopic (exact) mass is 353 g/mol. The van der Waals surface area contributed by atoms with E-state index < -0.39 is 0 Å². The molecular formula is C19H31NO5. The second-order valence-corrected chi connectivity index (χ2v) is 8.92. The predicted octanol–water partition coefficient (Wildman–Crippen LogP) is 0.605. The Balaban J connectivity index is 1.37. The van der Waals surface area contributed by atoms with Crippen molar-refractivity contribution in [2.45, 2.75) is 68.7 Å². The number of hydrogen-bond donors (Lipinski definition) is 2. The fourth-order valence-electron chi connectivity index (χ4n) is 6.73. The summed E-state index contributed by atoms with van der Waals surface area (Å²) < 4.78 is 17.2. The molecule has 5 aliphatic rings. The summed E-state index contributed by atoms with van der Waals surface area (Å²) in [5.74, 6) is 1.86. The van der Waals surface area contributed by atoms with Crippen LogP contribution >= 0.6 is 0 Å². The lowest BCUT2D eigenvalue weighted by Gasteiger charge is -2.58. The van der Waals surface area contributed by atoms with E-state index in [1.807, 2.05) is 0 Å². The van der Waals surface area contributed by atoms with Crippen molar-refractivity contribution in [3.8, 4) is 0 Å². The molecule has 142 valence electrons. The van der Waals surface area contributed by atoms with Gasteiger partial charge in [-0.25, -0.2) is 0 Å². The van der Waals surface area contributed by atoms with Crippen LogP contribution in [-0.2, 0) is 14.2 Å². The summed E-state index contributed by atoms with van der Waals surface area (Å²) in [4.78, 5) is 2.49. The summed E-state index contributed by atoms with van der Waals surface area (Å²) >= 11 is 0. The van der Waals surface area contributed by atoms with Crippen LogP contribution in [-0.4, -0.2) is 78.7 Å². The van der Waals surface area contributed by atoms with E-state index in [2.05, 4.69) is 4.90 Å². The maximum Gasteiger partial charge on any atom is 0.147 e. The van der Waals surface area contributed by atoms with Crippen LogP contribution in [0.4, 0.5) is 0 Å². The third kappa shape index (κ3) is 2.68. The van der Waals surface area contributed by atoms with Crippen molar-refractivity contribution in [1.82, 2.24) is 4.90 Å².